The first kappa shape index (κ1) is 13.7. The van der Waals surface area contributed by atoms with E-state index in [4.69, 9.17) is 0 Å². The van der Waals surface area contributed by atoms with E-state index in [9.17, 15) is 5.11 Å². The van der Waals surface area contributed by atoms with Gasteiger partial charge in [0.25, 0.3) is 0 Å². The lowest BCUT2D eigenvalue weighted by Crippen LogP contribution is -2.26. The maximum Gasteiger partial charge on any atom is 0.0717 e. The highest BCUT2D eigenvalue weighted by molar-refractivity contribution is 7.99. The largest absolute Gasteiger partial charge is 0.392 e. The van der Waals surface area contributed by atoms with Crippen molar-refractivity contribution < 1.29 is 5.11 Å². The molecule has 20 heavy (non-hydrogen) atoms. The first-order chi connectivity index (χ1) is 9.84. The average molecular weight is 285 g/mol. The molecule has 3 heteroatoms. The summed E-state index contributed by atoms with van der Waals surface area (Å²) in [6, 6.07) is 14.4. The second kappa shape index (κ2) is 6.42. The van der Waals surface area contributed by atoms with Crippen LogP contribution in [0, 0.1) is 0 Å². The van der Waals surface area contributed by atoms with Crippen molar-refractivity contribution in [2.45, 2.75) is 36.2 Å². The van der Waals surface area contributed by atoms with Gasteiger partial charge in [0, 0.05) is 28.5 Å². The van der Waals surface area contributed by atoms with E-state index in [0.717, 1.165) is 30.7 Å². The van der Waals surface area contributed by atoms with Crippen LogP contribution in [0.15, 0.2) is 53.6 Å². The minimum absolute atomic E-state index is 0.191. The number of rotatable bonds is 4. The number of aromatic nitrogens is 1. The van der Waals surface area contributed by atoms with Gasteiger partial charge >= 0.3 is 0 Å². The van der Waals surface area contributed by atoms with E-state index in [1.165, 1.54) is 10.5 Å². The predicted molar refractivity (Wildman–Crippen MR) is 83.1 cm³/mol. The molecular weight excluding hydrogens is 266 g/mol. The SMILES string of the molecule is OC(CSc1ccccc1)C1CCCc2cccnc21. The van der Waals surface area contributed by atoms with Crippen molar-refractivity contribution in [1.82, 2.24) is 4.98 Å². The van der Waals surface area contributed by atoms with Crippen molar-refractivity contribution in [2.24, 2.45) is 0 Å². The van der Waals surface area contributed by atoms with Crippen LogP contribution in [0.2, 0.25) is 0 Å². The molecule has 1 aliphatic rings. The monoisotopic (exact) mass is 285 g/mol. The van der Waals surface area contributed by atoms with Gasteiger partial charge in [0.05, 0.1) is 6.10 Å². The Balaban J connectivity index is 1.67. The minimum Gasteiger partial charge on any atom is -0.392 e. The molecule has 0 aliphatic heterocycles. The van der Waals surface area contributed by atoms with Crippen LogP contribution in [-0.2, 0) is 6.42 Å². The van der Waals surface area contributed by atoms with Gasteiger partial charge in [-0.15, -0.1) is 11.8 Å². The van der Waals surface area contributed by atoms with Crippen molar-refractivity contribution >= 4 is 11.8 Å². The van der Waals surface area contributed by atoms with E-state index in [1.54, 1.807) is 11.8 Å². The lowest BCUT2D eigenvalue weighted by Gasteiger charge is -2.28. The summed E-state index contributed by atoms with van der Waals surface area (Å²) in [4.78, 5) is 5.72. The summed E-state index contributed by atoms with van der Waals surface area (Å²) in [5.74, 6) is 0.918. The van der Waals surface area contributed by atoms with Gasteiger partial charge in [-0.05, 0) is 43.0 Å². The molecule has 1 aromatic carbocycles. The summed E-state index contributed by atoms with van der Waals surface area (Å²) in [7, 11) is 0. The molecule has 1 N–H and O–H groups in total. The van der Waals surface area contributed by atoms with Crippen molar-refractivity contribution in [3.05, 3.63) is 59.9 Å². The molecule has 2 nitrogen and oxygen atoms in total. The zero-order chi connectivity index (χ0) is 13.8. The molecule has 0 fully saturated rings. The Hall–Kier alpha value is -1.32. The average Bonchev–Trinajstić information content (AvgIpc) is 2.53. The van der Waals surface area contributed by atoms with E-state index >= 15 is 0 Å². The van der Waals surface area contributed by atoms with Crippen LogP contribution >= 0.6 is 11.8 Å². The summed E-state index contributed by atoms with van der Waals surface area (Å²) in [6.45, 7) is 0. The Kier molecular flexibility index (Phi) is 4.38. The molecule has 1 aliphatic carbocycles. The molecule has 2 atom stereocenters. The van der Waals surface area contributed by atoms with Crippen LogP contribution in [0.3, 0.4) is 0 Å². The van der Waals surface area contributed by atoms with E-state index < -0.39 is 0 Å². The number of hydrogen-bond donors (Lipinski definition) is 1. The number of pyridine rings is 1. The predicted octanol–water partition coefficient (Wildman–Crippen LogP) is 3.65. The first-order valence-corrected chi connectivity index (χ1v) is 8.13. The third-order valence-corrected chi connectivity index (χ3v) is 4.98. The standard InChI is InChI=1S/C17H19NOS/c19-16(12-20-14-8-2-1-3-9-14)15-10-4-6-13-7-5-11-18-17(13)15/h1-3,5,7-9,11,15-16,19H,4,6,10,12H2. The topological polar surface area (TPSA) is 33.1 Å². The van der Waals surface area contributed by atoms with Gasteiger partial charge < -0.3 is 5.11 Å². The number of nitrogens with zero attached hydrogens (tertiary/aromatic N) is 1. The molecule has 1 heterocycles. The summed E-state index contributed by atoms with van der Waals surface area (Å²) in [6.07, 6.45) is 4.80. The van der Waals surface area contributed by atoms with Crippen molar-refractivity contribution in [1.29, 1.82) is 0 Å². The van der Waals surface area contributed by atoms with Gasteiger partial charge in [0.15, 0.2) is 0 Å². The van der Waals surface area contributed by atoms with Gasteiger partial charge in [-0.3, -0.25) is 4.98 Å². The Morgan fingerprint density at radius 3 is 2.90 bits per heavy atom. The van der Waals surface area contributed by atoms with Crippen molar-refractivity contribution in [2.75, 3.05) is 5.75 Å². The summed E-state index contributed by atoms with van der Waals surface area (Å²) < 4.78 is 0. The molecule has 0 spiro atoms. The Labute approximate surface area is 124 Å². The van der Waals surface area contributed by atoms with E-state index in [-0.39, 0.29) is 12.0 Å². The fourth-order valence-corrected chi connectivity index (χ4v) is 3.78. The number of thioether (sulfide) groups is 1. The maximum atomic E-state index is 10.5. The maximum absolute atomic E-state index is 10.5. The normalized spacial score (nSPS) is 19.4. The molecule has 0 amide bonds. The zero-order valence-electron chi connectivity index (χ0n) is 11.4. The second-order valence-electron chi connectivity index (χ2n) is 5.24. The smallest absolute Gasteiger partial charge is 0.0717 e. The first-order valence-electron chi connectivity index (χ1n) is 7.14. The fraction of sp³-hybridized carbons (Fsp3) is 0.353. The third kappa shape index (κ3) is 3.05. The molecule has 1 aromatic heterocycles. The Bertz CT molecular complexity index is 558. The minimum atomic E-state index is -0.325. The van der Waals surface area contributed by atoms with E-state index in [0.29, 0.717) is 0 Å². The molecule has 0 saturated heterocycles. The van der Waals surface area contributed by atoms with Crippen LogP contribution in [-0.4, -0.2) is 21.9 Å². The van der Waals surface area contributed by atoms with Gasteiger partial charge in [0.1, 0.15) is 0 Å². The van der Waals surface area contributed by atoms with Crippen LogP contribution in [0.1, 0.15) is 30.0 Å². The number of aliphatic hydroxyl groups excluding tert-OH is 1. The molecule has 2 aromatic rings. The highest BCUT2D eigenvalue weighted by atomic mass is 32.2. The Morgan fingerprint density at radius 1 is 1.20 bits per heavy atom. The van der Waals surface area contributed by atoms with E-state index in [1.807, 2.05) is 30.5 Å². The van der Waals surface area contributed by atoms with Gasteiger partial charge in [-0.25, -0.2) is 0 Å². The molecule has 0 saturated carbocycles. The summed E-state index contributed by atoms with van der Waals surface area (Å²) in [5, 5.41) is 10.5. The molecular formula is C17H19NOS. The summed E-state index contributed by atoms with van der Waals surface area (Å²) >= 11 is 1.72. The molecule has 3 rings (SSSR count). The number of fused-ring (bicyclic) bond motifs is 1. The molecule has 104 valence electrons. The molecule has 0 radical (unpaired) electrons. The third-order valence-electron chi connectivity index (χ3n) is 3.87. The highest BCUT2D eigenvalue weighted by Gasteiger charge is 2.27. The quantitative estimate of drug-likeness (QED) is 0.870. The van der Waals surface area contributed by atoms with Gasteiger partial charge in [0.2, 0.25) is 0 Å². The lowest BCUT2D eigenvalue weighted by molar-refractivity contribution is 0.155. The second-order valence-corrected chi connectivity index (χ2v) is 6.33. The molecule has 0 bridgehead atoms. The number of benzene rings is 1. The van der Waals surface area contributed by atoms with Crippen molar-refractivity contribution in [3.8, 4) is 0 Å². The summed E-state index contributed by atoms with van der Waals surface area (Å²) in [5.41, 5.74) is 2.42. The fourth-order valence-electron chi connectivity index (χ4n) is 2.83. The number of aliphatic hydroxyl groups is 1. The Morgan fingerprint density at radius 2 is 2.05 bits per heavy atom. The van der Waals surface area contributed by atoms with Crippen molar-refractivity contribution in [3.63, 3.8) is 0 Å². The van der Waals surface area contributed by atoms with Crippen LogP contribution in [0.25, 0.3) is 0 Å². The number of aryl methyl sites for hydroxylation is 1. The zero-order valence-corrected chi connectivity index (χ0v) is 12.2. The van der Waals surface area contributed by atoms with Gasteiger partial charge in [-0.2, -0.15) is 0 Å². The van der Waals surface area contributed by atoms with Crippen LogP contribution in [0.5, 0.6) is 0 Å². The van der Waals surface area contributed by atoms with Gasteiger partial charge in [-0.1, -0.05) is 24.3 Å². The van der Waals surface area contributed by atoms with Crippen LogP contribution < -0.4 is 0 Å². The van der Waals surface area contributed by atoms with E-state index in [2.05, 4.69) is 23.2 Å². The molecule has 2 unspecified atom stereocenters. The highest BCUT2D eigenvalue weighted by Crippen LogP contribution is 2.34. The lowest BCUT2D eigenvalue weighted by atomic mass is 9.84. The van der Waals surface area contributed by atoms with Crippen LogP contribution in [0.4, 0.5) is 0 Å². The number of hydrogen-bond acceptors (Lipinski definition) is 3.